The summed E-state index contributed by atoms with van der Waals surface area (Å²) >= 11 is 0. The molecular formula is C15H11FN2O2. The summed E-state index contributed by atoms with van der Waals surface area (Å²) in [7, 11) is 1.37. The lowest BCUT2D eigenvalue weighted by molar-refractivity contribution is 0.102. The van der Waals surface area contributed by atoms with Crippen LogP contribution in [-0.4, -0.2) is 13.0 Å². The lowest BCUT2D eigenvalue weighted by atomic mass is 10.1. The molecule has 0 saturated carbocycles. The Labute approximate surface area is 115 Å². The average molecular weight is 270 g/mol. The Bertz CT molecular complexity index is 693. The maximum absolute atomic E-state index is 13.5. The topological polar surface area (TPSA) is 62.1 Å². The monoisotopic (exact) mass is 270 g/mol. The van der Waals surface area contributed by atoms with E-state index in [-0.39, 0.29) is 5.75 Å². The van der Waals surface area contributed by atoms with Gasteiger partial charge in [0.15, 0.2) is 11.6 Å². The van der Waals surface area contributed by atoms with E-state index in [1.165, 1.54) is 31.4 Å². The van der Waals surface area contributed by atoms with Gasteiger partial charge in [0.25, 0.3) is 5.91 Å². The molecule has 0 saturated heterocycles. The van der Waals surface area contributed by atoms with Crippen molar-refractivity contribution in [3.05, 3.63) is 59.4 Å². The number of methoxy groups -OCH3 is 1. The van der Waals surface area contributed by atoms with Crippen LogP contribution in [0.5, 0.6) is 5.75 Å². The lowest BCUT2D eigenvalue weighted by Crippen LogP contribution is -2.12. The first kappa shape index (κ1) is 13.6. The van der Waals surface area contributed by atoms with E-state index in [1.54, 1.807) is 18.2 Å². The SMILES string of the molecule is COc1ccc(NC(=O)c2cccc(C#N)c2)cc1F. The van der Waals surface area contributed by atoms with Crippen LogP contribution in [-0.2, 0) is 0 Å². The number of hydrogen-bond acceptors (Lipinski definition) is 3. The predicted molar refractivity (Wildman–Crippen MR) is 72.1 cm³/mol. The van der Waals surface area contributed by atoms with E-state index in [2.05, 4.69) is 5.32 Å². The Balaban J connectivity index is 2.19. The van der Waals surface area contributed by atoms with Gasteiger partial charge in [-0.3, -0.25) is 4.79 Å². The zero-order valence-electron chi connectivity index (χ0n) is 10.7. The molecule has 0 atom stereocenters. The van der Waals surface area contributed by atoms with Crippen molar-refractivity contribution in [3.63, 3.8) is 0 Å². The summed E-state index contributed by atoms with van der Waals surface area (Å²) in [5.74, 6) is -0.864. The highest BCUT2D eigenvalue weighted by molar-refractivity contribution is 6.04. The molecule has 2 aromatic rings. The molecule has 0 spiro atoms. The fourth-order valence-electron chi connectivity index (χ4n) is 1.68. The number of nitrogens with one attached hydrogen (secondary N) is 1. The third-order valence-corrected chi connectivity index (χ3v) is 2.66. The molecule has 0 fully saturated rings. The number of carbonyl (C=O) groups excluding carboxylic acids is 1. The number of anilines is 1. The minimum Gasteiger partial charge on any atom is -0.494 e. The van der Waals surface area contributed by atoms with Crippen LogP contribution >= 0.6 is 0 Å². The van der Waals surface area contributed by atoms with Crippen molar-refractivity contribution in [1.82, 2.24) is 0 Å². The van der Waals surface area contributed by atoms with Gasteiger partial charge in [-0.25, -0.2) is 4.39 Å². The molecule has 4 nitrogen and oxygen atoms in total. The maximum Gasteiger partial charge on any atom is 0.255 e. The summed E-state index contributed by atoms with van der Waals surface area (Å²) in [6.07, 6.45) is 0. The van der Waals surface area contributed by atoms with E-state index in [1.807, 2.05) is 6.07 Å². The summed E-state index contributed by atoms with van der Waals surface area (Å²) in [6, 6.07) is 12.3. The smallest absolute Gasteiger partial charge is 0.255 e. The number of nitrogens with zero attached hydrogens (tertiary/aromatic N) is 1. The summed E-state index contributed by atoms with van der Waals surface area (Å²) in [6.45, 7) is 0. The van der Waals surface area contributed by atoms with Gasteiger partial charge in [-0.05, 0) is 30.3 Å². The van der Waals surface area contributed by atoms with Gasteiger partial charge in [0.05, 0.1) is 18.7 Å². The van der Waals surface area contributed by atoms with E-state index in [4.69, 9.17) is 10.00 Å². The van der Waals surface area contributed by atoms with Gasteiger partial charge in [0.1, 0.15) is 0 Å². The minimum atomic E-state index is -0.559. The van der Waals surface area contributed by atoms with Gasteiger partial charge >= 0.3 is 0 Å². The first-order chi connectivity index (χ1) is 9.63. The number of nitriles is 1. The zero-order valence-corrected chi connectivity index (χ0v) is 10.7. The van der Waals surface area contributed by atoms with Gasteiger partial charge in [0, 0.05) is 17.3 Å². The lowest BCUT2D eigenvalue weighted by Gasteiger charge is -2.07. The second-order valence-corrected chi connectivity index (χ2v) is 4.00. The molecule has 0 heterocycles. The Hall–Kier alpha value is -2.87. The molecule has 0 bridgehead atoms. The second kappa shape index (κ2) is 5.85. The quantitative estimate of drug-likeness (QED) is 0.932. The average Bonchev–Trinajstić information content (AvgIpc) is 2.47. The third-order valence-electron chi connectivity index (χ3n) is 2.66. The van der Waals surface area contributed by atoms with E-state index >= 15 is 0 Å². The van der Waals surface area contributed by atoms with E-state index in [0.717, 1.165) is 0 Å². The summed E-state index contributed by atoms with van der Waals surface area (Å²) in [5, 5.41) is 11.3. The first-order valence-electron chi connectivity index (χ1n) is 5.79. The summed E-state index contributed by atoms with van der Waals surface area (Å²) < 4.78 is 18.3. The van der Waals surface area contributed by atoms with Crippen LogP contribution in [0.15, 0.2) is 42.5 Å². The number of rotatable bonds is 3. The van der Waals surface area contributed by atoms with Gasteiger partial charge in [-0.15, -0.1) is 0 Å². The number of halogens is 1. The number of carbonyl (C=O) groups is 1. The zero-order chi connectivity index (χ0) is 14.5. The Morgan fingerprint density at radius 3 is 2.75 bits per heavy atom. The highest BCUT2D eigenvalue weighted by Gasteiger charge is 2.09. The fourth-order valence-corrected chi connectivity index (χ4v) is 1.68. The van der Waals surface area contributed by atoms with Crippen LogP contribution in [0, 0.1) is 17.1 Å². The Morgan fingerprint density at radius 1 is 1.30 bits per heavy atom. The first-order valence-corrected chi connectivity index (χ1v) is 5.79. The molecular weight excluding hydrogens is 259 g/mol. The van der Waals surface area contributed by atoms with Crippen molar-refractivity contribution >= 4 is 11.6 Å². The number of benzene rings is 2. The number of hydrogen-bond donors (Lipinski definition) is 1. The second-order valence-electron chi connectivity index (χ2n) is 4.00. The maximum atomic E-state index is 13.5. The molecule has 20 heavy (non-hydrogen) atoms. The molecule has 0 aliphatic carbocycles. The van der Waals surface area contributed by atoms with Crippen LogP contribution in [0.4, 0.5) is 10.1 Å². The molecule has 0 aliphatic rings. The van der Waals surface area contributed by atoms with E-state index in [9.17, 15) is 9.18 Å². The fraction of sp³-hybridized carbons (Fsp3) is 0.0667. The molecule has 2 aromatic carbocycles. The van der Waals surface area contributed by atoms with Crippen molar-refractivity contribution in [1.29, 1.82) is 5.26 Å². The van der Waals surface area contributed by atoms with Gasteiger partial charge < -0.3 is 10.1 Å². The molecule has 0 aliphatic heterocycles. The molecule has 5 heteroatoms. The summed E-state index contributed by atoms with van der Waals surface area (Å²) in [5.41, 5.74) is 1.04. The standard InChI is InChI=1S/C15H11FN2O2/c1-20-14-6-5-12(8-13(14)16)18-15(19)11-4-2-3-10(7-11)9-17/h2-8H,1H3,(H,18,19). The van der Waals surface area contributed by atoms with Crippen LogP contribution in [0.25, 0.3) is 0 Å². The van der Waals surface area contributed by atoms with Crippen LogP contribution in [0.2, 0.25) is 0 Å². The number of ether oxygens (including phenoxy) is 1. The highest BCUT2D eigenvalue weighted by atomic mass is 19.1. The Kier molecular flexibility index (Phi) is 3.96. The molecule has 2 rings (SSSR count). The Morgan fingerprint density at radius 2 is 2.10 bits per heavy atom. The van der Waals surface area contributed by atoms with Gasteiger partial charge in [0.2, 0.25) is 0 Å². The summed E-state index contributed by atoms with van der Waals surface area (Å²) in [4.78, 5) is 12.0. The highest BCUT2D eigenvalue weighted by Crippen LogP contribution is 2.21. The van der Waals surface area contributed by atoms with E-state index < -0.39 is 11.7 Å². The molecule has 0 radical (unpaired) electrons. The van der Waals surface area contributed by atoms with Crippen molar-refractivity contribution in [3.8, 4) is 11.8 Å². The van der Waals surface area contributed by atoms with Crippen molar-refractivity contribution in [2.75, 3.05) is 12.4 Å². The minimum absolute atomic E-state index is 0.106. The largest absolute Gasteiger partial charge is 0.494 e. The van der Waals surface area contributed by atoms with Crippen molar-refractivity contribution in [2.45, 2.75) is 0 Å². The van der Waals surface area contributed by atoms with Gasteiger partial charge in [-0.2, -0.15) is 5.26 Å². The van der Waals surface area contributed by atoms with Crippen LogP contribution < -0.4 is 10.1 Å². The molecule has 1 N–H and O–H groups in total. The molecule has 100 valence electrons. The van der Waals surface area contributed by atoms with E-state index in [0.29, 0.717) is 16.8 Å². The van der Waals surface area contributed by atoms with Crippen molar-refractivity contribution in [2.24, 2.45) is 0 Å². The third kappa shape index (κ3) is 2.93. The van der Waals surface area contributed by atoms with Gasteiger partial charge in [-0.1, -0.05) is 6.07 Å². The van der Waals surface area contributed by atoms with Crippen molar-refractivity contribution < 1.29 is 13.9 Å². The molecule has 0 aromatic heterocycles. The molecule has 0 unspecified atom stereocenters. The number of amides is 1. The van der Waals surface area contributed by atoms with Crippen LogP contribution in [0.3, 0.4) is 0 Å². The molecule has 1 amide bonds. The normalized spacial score (nSPS) is 9.65. The predicted octanol–water partition coefficient (Wildman–Crippen LogP) is 2.96. The van der Waals surface area contributed by atoms with Crippen LogP contribution in [0.1, 0.15) is 15.9 Å².